The quantitative estimate of drug-likeness (QED) is 0.656. The molecule has 1 N–H and O–H groups in total. The van der Waals surface area contributed by atoms with Gasteiger partial charge in [-0.2, -0.15) is 13.2 Å². The van der Waals surface area contributed by atoms with E-state index in [2.05, 4.69) is 10.3 Å². The lowest BCUT2D eigenvalue weighted by Gasteiger charge is -2.10. The Morgan fingerprint density at radius 1 is 1.33 bits per heavy atom. The molecule has 0 aliphatic carbocycles. The van der Waals surface area contributed by atoms with Gasteiger partial charge in [0, 0.05) is 23.4 Å². The predicted molar refractivity (Wildman–Crippen MR) is 80.0 cm³/mol. The normalized spacial score (nSPS) is 11.2. The van der Waals surface area contributed by atoms with Crippen molar-refractivity contribution in [2.45, 2.75) is 13.1 Å². The highest BCUT2D eigenvalue weighted by Crippen LogP contribution is 2.32. The summed E-state index contributed by atoms with van der Waals surface area (Å²) in [6.45, 7) is 1.46. The van der Waals surface area contributed by atoms with Crippen LogP contribution in [0, 0.1) is 17.0 Å². The van der Waals surface area contributed by atoms with Gasteiger partial charge in [0.15, 0.2) is 5.82 Å². The Labute approximate surface area is 138 Å². The molecule has 2 rings (SSSR count). The summed E-state index contributed by atoms with van der Waals surface area (Å²) in [7, 11) is 0. The SMILES string of the molecule is Cc1cc(C(=O)Nc2ncc(C(F)(F)F)cc2Cl)ccc1[N+](=O)[O-]. The molecule has 2 aromatic rings. The first kappa shape index (κ1) is 17.7. The van der Waals surface area contributed by atoms with Crippen LogP contribution in [-0.4, -0.2) is 15.8 Å². The number of nitrogens with one attached hydrogen (secondary N) is 1. The molecule has 1 heterocycles. The Bertz CT molecular complexity index is 825. The molecule has 0 unspecified atom stereocenters. The molecule has 0 spiro atoms. The first-order valence-electron chi connectivity index (χ1n) is 6.38. The third kappa shape index (κ3) is 3.80. The molecule has 0 radical (unpaired) electrons. The maximum atomic E-state index is 12.5. The third-order valence-electron chi connectivity index (χ3n) is 3.06. The van der Waals surface area contributed by atoms with Crippen LogP contribution in [0.2, 0.25) is 5.02 Å². The number of nitro benzene ring substituents is 1. The van der Waals surface area contributed by atoms with E-state index < -0.39 is 22.6 Å². The fraction of sp³-hybridized carbons (Fsp3) is 0.143. The number of hydrogen-bond donors (Lipinski definition) is 1. The Hall–Kier alpha value is -2.68. The van der Waals surface area contributed by atoms with Crippen LogP contribution in [-0.2, 0) is 6.18 Å². The number of pyridine rings is 1. The summed E-state index contributed by atoms with van der Waals surface area (Å²) in [5.74, 6) is -0.951. The molecule has 0 fully saturated rings. The number of benzene rings is 1. The van der Waals surface area contributed by atoms with Crippen LogP contribution in [0.4, 0.5) is 24.7 Å². The zero-order valence-electron chi connectivity index (χ0n) is 12.0. The maximum absolute atomic E-state index is 12.5. The van der Waals surface area contributed by atoms with Crippen molar-refractivity contribution in [2.75, 3.05) is 5.32 Å². The van der Waals surface area contributed by atoms with E-state index in [9.17, 15) is 28.1 Å². The standard InChI is InChI=1S/C14H9ClF3N3O3/c1-7-4-8(2-3-11(7)21(23)24)13(22)20-12-10(15)5-9(6-19-12)14(16,17)18/h2-6H,1H3,(H,19,20,22). The highest BCUT2D eigenvalue weighted by atomic mass is 35.5. The number of rotatable bonds is 3. The maximum Gasteiger partial charge on any atom is 0.417 e. The number of nitrogens with zero attached hydrogens (tertiary/aromatic N) is 2. The second-order valence-electron chi connectivity index (χ2n) is 4.76. The van der Waals surface area contributed by atoms with Gasteiger partial charge in [-0.3, -0.25) is 14.9 Å². The lowest BCUT2D eigenvalue weighted by molar-refractivity contribution is -0.385. The molecular weight excluding hydrogens is 351 g/mol. The summed E-state index contributed by atoms with van der Waals surface area (Å²) < 4.78 is 37.6. The number of alkyl halides is 3. The van der Waals surface area contributed by atoms with Gasteiger partial charge < -0.3 is 5.32 Å². The van der Waals surface area contributed by atoms with E-state index in [-0.39, 0.29) is 27.7 Å². The largest absolute Gasteiger partial charge is 0.417 e. The minimum Gasteiger partial charge on any atom is -0.305 e. The molecule has 0 aliphatic rings. The van der Waals surface area contributed by atoms with Crippen molar-refractivity contribution in [3.8, 4) is 0 Å². The third-order valence-corrected chi connectivity index (χ3v) is 3.34. The number of halogens is 4. The number of hydrogen-bond acceptors (Lipinski definition) is 4. The highest BCUT2D eigenvalue weighted by Gasteiger charge is 2.31. The first-order valence-corrected chi connectivity index (χ1v) is 6.76. The Balaban J connectivity index is 2.24. The average Bonchev–Trinajstić information content (AvgIpc) is 2.47. The van der Waals surface area contributed by atoms with E-state index in [4.69, 9.17) is 11.6 Å². The topological polar surface area (TPSA) is 85.1 Å². The number of aryl methyl sites for hydroxylation is 1. The molecule has 0 saturated heterocycles. The summed E-state index contributed by atoms with van der Waals surface area (Å²) in [6, 6.07) is 4.31. The number of carbonyl (C=O) groups is 1. The molecule has 1 aromatic carbocycles. The van der Waals surface area contributed by atoms with Crippen LogP contribution >= 0.6 is 11.6 Å². The van der Waals surface area contributed by atoms with E-state index in [0.29, 0.717) is 12.3 Å². The number of anilines is 1. The predicted octanol–water partition coefficient (Wildman–Crippen LogP) is 4.22. The summed E-state index contributed by atoms with van der Waals surface area (Å²) in [5, 5.41) is 12.6. The van der Waals surface area contributed by atoms with Gasteiger partial charge in [0.2, 0.25) is 0 Å². The van der Waals surface area contributed by atoms with Crippen LogP contribution in [0.25, 0.3) is 0 Å². The Kier molecular flexibility index (Phi) is 4.74. The van der Waals surface area contributed by atoms with Crippen molar-refractivity contribution >= 4 is 29.0 Å². The van der Waals surface area contributed by atoms with Crippen molar-refractivity contribution in [3.05, 3.63) is 62.3 Å². The molecule has 126 valence electrons. The number of nitro groups is 1. The fourth-order valence-electron chi connectivity index (χ4n) is 1.87. The van der Waals surface area contributed by atoms with Crippen molar-refractivity contribution in [2.24, 2.45) is 0 Å². The van der Waals surface area contributed by atoms with Gasteiger partial charge in [0.05, 0.1) is 15.5 Å². The number of aromatic nitrogens is 1. The van der Waals surface area contributed by atoms with Crippen LogP contribution < -0.4 is 5.32 Å². The molecular formula is C14H9ClF3N3O3. The summed E-state index contributed by atoms with van der Waals surface area (Å²) >= 11 is 5.70. The van der Waals surface area contributed by atoms with Gasteiger partial charge in [-0.15, -0.1) is 0 Å². The minimum atomic E-state index is -4.60. The van der Waals surface area contributed by atoms with Crippen LogP contribution in [0.3, 0.4) is 0 Å². The second kappa shape index (κ2) is 6.44. The summed E-state index contributed by atoms with van der Waals surface area (Å²) in [4.78, 5) is 25.7. The lowest BCUT2D eigenvalue weighted by atomic mass is 10.1. The molecule has 1 aromatic heterocycles. The van der Waals surface area contributed by atoms with Crippen molar-refractivity contribution in [3.63, 3.8) is 0 Å². The van der Waals surface area contributed by atoms with E-state index in [1.807, 2.05) is 0 Å². The number of amides is 1. The molecule has 24 heavy (non-hydrogen) atoms. The molecule has 10 heteroatoms. The van der Waals surface area contributed by atoms with E-state index in [0.717, 1.165) is 6.07 Å². The van der Waals surface area contributed by atoms with Gasteiger partial charge in [-0.25, -0.2) is 4.98 Å². The summed E-state index contributed by atoms with van der Waals surface area (Å²) in [6.07, 6.45) is -4.06. The zero-order chi connectivity index (χ0) is 18.1. The average molecular weight is 360 g/mol. The summed E-state index contributed by atoms with van der Waals surface area (Å²) in [5.41, 5.74) is -0.857. The smallest absolute Gasteiger partial charge is 0.305 e. The molecule has 6 nitrogen and oxygen atoms in total. The second-order valence-corrected chi connectivity index (χ2v) is 5.17. The van der Waals surface area contributed by atoms with Gasteiger partial charge >= 0.3 is 6.18 Å². The van der Waals surface area contributed by atoms with Crippen molar-refractivity contribution in [1.29, 1.82) is 0 Å². The lowest BCUT2D eigenvalue weighted by Crippen LogP contribution is -2.14. The van der Waals surface area contributed by atoms with E-state index >= 15 is 0 Å². The highest BCUT2D eigenvalue weighted by molar-refractivity contribution is 6.33. The van der Waals surface area contributed by atoms with E-state index in [1.54, 1.807) is 0 Å². The van der Waals surface area contributed by atoms with Crippen molar-refractivity contribution < 1.29 is 22.9 Å². The first-order chi connectivity index (χ1) is 11.1. The Morgan fingerprint density at radius 3 is 2.50 bits per heavy atom. The van der Waals surface area contributed by atoms with Gasteiger partial charge in [-0.05, 0) is 25.1 Å². The minimum absolute atomic E-state index is 0.0795. The number of carbonyl (C=O) groups excluding carboxylic acids is 1. The molecule has 1 amide bonds. The zero-order valence-corrected chi connectivity index (χ0v) is 12.8. The molecule has 0 aliphatic heterocycles. The monoisotopic (exact) mass is 359 g/mol. The van der Waals surface area contributed by atoms with Crippen LogP contribution in [0.15, 0.2) is 30.5 Å². The Morgan fingerprint density at radius 2 is 2.00 bits per heavy atom. The van der Waals surface area contributed by atoms with Crippen molar-refractivity contribution in [1.82, 2.24) is 4.98 Å². The van der Waals surface area contributed by atoms with Gasteiger partial charge in [0.1, 0.15) is 0 Å². The van der Waals surface area contributed by atoms with Crippen LogP contribution in [0.1, 0.15) is 21.5 Å². The van der Waals surface area contributed by atoms with Gasteiger partial charge in [-0.1, -0.05) is 11.6 Å². The molecule has 0 bridgehead atoms. The van der Waals surface area contributed by atoms with Crippen LogP contribution in [0.5, 0.6) is 0 Å². The molecule has 0 atom stereocenters. The molecule has 0 saturated carbocycles. The van der Waals surface area contributed by atoms with Gasteiger partial charge in [0.25, 0.3) is 11.6 Å². The fourth-order valence-corrected chi connectivity index (χ4v) is 2.08. The van der Waals surface area contributed by atoms with E-state index in [1.165, 1.54) is 19.1 Å².